The molecule has 0 aromatic carbocycles. The standard InChI is InChI=1S/C9H9N3O/c1-6(9(11)13)7-2-3-12-8(4-7)5-10/h2-4,6H,1H3,(H2,11,13). The highest BCUT2D eigenvalue weighted by atomic mass is 16.1. The topological polar surface area (TPSA) is 79.8 Å². The minimum absolute atomic E-state index is 0.297. The van der Waals surface area contributed by atoms with E-state index in [9.17, 15) is 4.79 Å². The van der Waals surface area contributed by atoms with Crippen LogP contribution in [0.5, 0.6) is 0 Å². The molecule has 1 atom stereocenters. The zero-order valence-corrected chi connectivity index (χ0v) is 7.19. The molecule has 0 bridgehead atoms. The third kappa shape index (κ3) is 2.03. The highest BCUT2D eigenvalue weighted by Gasteiger charge is 2.11. The van der Waals surface area contributed by atoms with E-state index >= 15 is 0 Å². The predicted molar refractivity (Wildman–Crippen MR) is 46.6 cm³/mol. The number of nitrogens with zero attached hydrogens (tertiary/aromatic N) is 2. The molecule has 4 nitrogen and oxygen atoms in total. The van der Waals surface area contributed by atoms with Gasteiger partial charge < -0.3 is 5.73 Å². The van der Waals surface area contributed by atoms with Crippen LogP contribution in [0.4, 0.5) is 0 Å². The van der Waals surface area contributed by atoms with Gasteiger partial charge in [0.05, 0.1) is 5.92 Å². The van der Waals surface area contributed by atoms with Gasteiger partial charge in [-0.25, -0.2) is 4.98 Å². The van der Waals surface area contributed by atoms with Gasteiger partial charge in [0.15, 0.2) is 0 Å². The lowest BCUT2D eigenvalue weighted by Gasteiger charge is -2.06. The van der Waals surface area contributed by atoms with Crippen molar-refractivity contribution in [2.75, 3.05) is 0 Å². The summed E-state index contributed by atoms with van der Waals surface area (Å²) < 4.78 is 0. The van der Waals surface area contributed by atoms with Gasteiger partial charge in [0.1, 0.15) is 11.8 Å². The molecule has 13 heavy (non-hydrogen) atoms. The van der Waals surface area contributed by atoms with Crippen LogP contribution in [0.15, 0.2) is 18.3 Å². The molecule has 0 saturated carbocycles. The van der Waals surface area contributed by atoms with E-state index in [4.69, 9.17) is 11.0 Å². The van der Waals surface area contributed by atoms with Crippen LogP contribution in [0.3, 0.4) is 0 Å². The van der Waals surface area contributed by atoms with E-state index in [1.807, 2.05) is 6.07 Å². The van der Waals surface area contributed by atoms with E-state index in [0.717, 1.165) is 5.56 Å². The number of hydrogen-bond acceptors (Lipinski definition) is 3. The number of primary amides is 1. The molecule has 1 aromatic rings. The number of carbonyl (C=O) groups excluding carboxylic acids is 1. The Bertz CT molecular complexity index is 367. The number of carbonyl (C=O) groups is 1. The Morgan fingerprint density at radius 1 is 1.77 bits per heavy atom. The molecule has 0 saturated heterocycles. The molecular weight excluding hydrogens is 166 g/mol. The minimum atomic E-state index is -0.407. The Labute approximate surface area is 76.0 Å². The smallest absolute Gasteiger partial charge is 0.224 e. The van der Waals surface area contributed by atoms with E-state index in [0.29, 0.717) is 5.69 Å². The fourth-order valence-electron chi connectivity index (χ4n) is 0.942. The van der Waals surface area contributed by atoms with Gasteiger partial charge in [-0.15, -0.1) is 0 Å². The highest BCUT2D eigenvalue weighted by molar-refractivity contribution is 5.81. The fourth-order valence-corrected chi connectivity index (χ4v) is 0.942. The van der Waals surface area contributed by atoms with Crippen molar-refractivity contribution in [2.24, 2.45) is 5.73 Å². The number of nitriles is 1. The van der Waals surface area contributed by atoms with Crippen LogP contribution in [0.2, 0.25) is 0 Å². The molecule has 1 unspecified atom stereocenters. The molecule has 1 aromatic heterocycles. The van der Waals surface area contributed by atoms with Gasteiger partial charge in [0.2, 0.25) is 5.91 Å². The number of nitrogens with two attached hydrogens (primary N) is 1. The lowest BCUT2D eigenvalue weighted by molar-refractivity contribution is -0.119. The van der Waals surface area contributed by atoms with Gasteiger partial charge in [-0.2, -0.15) is 5.26 Å². The van der Waals surface area contributed by atoms with Crippen molar-refractivity contribution in [3.05, 3.63) is 29.6 Å². The van der Waals surface area contributed by atoms with Crippen molar-refractivity contribution in [3.8, 4) is 6.07 Å². The summed E-state index contributed by atoms with van der Waals surface area (Å²) in [5.41, 5.74) is 6.14. The Kier molecular flexibility index (Phi) is 2.60. The first-order valence-electron chi connectivity index (χ1n) is 3.80. The summed E-state index contributed by atoms with van der Waals surface area (Å²) in [6.45, 7) is 1.69. The molecule has 66 valence electrons. The van der Waals surface area contributed by atoms with Crippen LogP contribution in [0, 0.1) is 11.3 Å². The second kappa shape index (κ2) is 3.68. The average Bonchev–Trinajstić information content (AvgIpc) is 2.16. The van der Waals surface area contributed by atoms with Crippen molar-refractivity contribution < 1.29 is 4.79 Å². The zero-order chi connectivity index (χ0) is 9.84. The Balaban J connectivity index is 3.03. The minimum Gasteiger partial charge on any atom is -0.369 e. The summed E-state index contributed by atoms with van der Waals surface area (Å²) in [4.78, 5) is 14.6. The Morgan fingerprint density at radius 2 is 2.46 bits per heavy atom. The molecular formula is C9H9N3O. The molecule has 0 aliphatic carbocycles. The first-order valence-corrected chi connectivity index (χ1v) is 3.80. The number of rotatable bonds is 2. The molecule has 0 aliphatic heterocycles. The largest absolute Gasteiger partial charge is 0.369 e. The molecule has 1 amide bonds. The highest BCUT2D eigenvalue weighted by Crippen LogP contribution is 2.13. The van der Waals surface area contributed by atoms with Crippen LogP contribution >= 0.6 is 0 Å². The number of aromatic nitrogens is 1. The van der Waals surface area contributed by atoms with Crippen LogP contribution in [0.25, 0.3) is 0 Å². The molecule has 1 rings (SSSR count). The van der Waals surface area contributed by atoms with Gasteiger partial charge in [0, 0.05) is 6.20 Å². The van der Waals surface area contributed by atoms with Crippen LogP contribution in [0.1, 0.15) is 24.1 Å². The van der Waals surface area contributed by atoms with Crippen molar-refractivity contribution in [1.82, 2.24) is 4.98 Å². The monoisotopic (exact) mass is 175 g/mol. The summed E-state index contributed by atoms with van der Waals surface area (Å²) in [5, 5.41) is 8.55. The number of hydrogen-bond donors (Lipinski definition) is 1. The Morgan fingerprint density at radius 3 is 3.00 bits per heavy atom. The van der Waals surface area contributed by atoms with Gasteiger partial charge in [-0.1, -0.05) is 0 Å². The Hall–Kier alpha value is -1.89. The average molecular weight is 175 g/mol. The lowest BCUT2D eigenvalue weighted by atomic mass is 10.0. The molecule has 0 spiro atoms. The SMILES string of the molecule is CC(C(N)=O)c1ccnc(C#N)c1. The summed E-state index contributed by atoms with van der Waals surface area (Å²) >= 11 is 0. The maximum Gasteiger partial charge on any atom is 0.224 e. The molecule has 0 aliphatic rings. The van der Waals surface area contributed by atoms with Crippen molar-refractivity contribution in [2.45, 2.75) is 12.8 Å². The summed E-state index contributed by atoms with van der Waals surface area (Å²) in [7, 11) is 0. The molecule has 0 radical (unpaired) electrons. The predicted octanol–water partition coefficient (Wildman–Crippen LogP) is 0.542. The van der Waals surface area contributed by atoms with E-state index in [2.05, 4.69) is 4.98 Å². The van der Waals surface area contributed by atoms with E-state index < -0.39 is 5.91 Å². The summed E-state index contributed by atoms with van der Waals surface area (Å²) in [5.74, 6) is -0.787. The maximum absolute atomic E-state index is 10.8. The van der Waals surface area contributed by atoms with Gasteiger partial charge >= 0.3 is 0 Å². The van der Waals surface area contributed by atoms with Crippen molar-refractivity contribution in [3.63, 3.8) is 0 Å². The first kappa shape index (κ1) is 9.20. The van der Waals surface area contributed by atoms with Gasteiger partial charge in [0.25, 0.3) is 0 Å². The van der Waals surface area contributed by atoms with Gasteiger partial charge in [-0.3, -0.25) is 4.79 Å². The zero-order valence-electron chi connectivity index (χ0n) is 7.19. The van der Waals surface area contributed by atoms with E-state index in [1.165, 1.54) is 6.20 Å². The van der Waals surface area contributed by atoms with Crippen LogP contribution in [-0.4, -0.2) is 10.9 Å². The van der Waals surface area contributed by atoms with Crippen molar-refractivity contribution in [1.29, 1.82) is 5.26 Å². The third-order valence-corrected chi connectivity index (χ3v) is 1.83. The quantitative estimate of drug-likeness (QED) is 0.712. The number of amides is 1. The molecule has 1 heterocycles. The maximum atomic E-state index is 10.8. The second-order valence-corrected chi connectivity index (χ2v) is 2.71. The van der Waals surface area contributed by atoms with Crippen LogP contribution in [-0.2, 0) is 4.79 Å². The molecule has 2 N–H and O–H groups in total. The molecule has 4 heteroatoms. The lowest BCUT2D eigenvalue weighted by Crippen LogP contribution is -2.18. The third-order valence-electron chi connectivity index (χ3n) is 1.83. The first-order chi connectivity index (χ1) is 6.15. The number of pyridine rings is 1. The summed E-state index contributed by atoms with van der Waals surface area (Å²) in [6.07, 6.45) is 1.49. The normalized spacial score (nSPS) is 11.7. The fraction of sp³-hybridized carbons (Fsp3) is 0.222. The summed E-state index contributed by atoms with van der Waals surface area (Å²) in [6, 6.07) is 5.14. The van der Waals surface area contributed by atoms with Crippen molar-refractivity contribution >= 4 is 5.91 Å². The van der Waals surface area contributed by atoms with E-state index in [1.54, 1.807) is 19.1 Å². The second-order valence-electron chi connectivity index (χ2n) is 2.71. The van der Waals surface area contributed by atoms with Gasteiger partial charge in [-0.05, 0) is 24.6 Å². The van der Waals surface area contributed by atoms with E-state index in [-0.39, 0.29) is 5.92 Å². The molecule has 0 fully saturated rings. The van der Waals surface area contributed by atoms with Crippen LogP contribution < -0.4 is 5.73 Å².